The van der Waals surface area contributed by atoms with Crippen LogP contribution in [-0.4, -0.2) is 6.61 Å². The normalized spacial score (nSPS) is 17.7. The molecule has 1 fully saturated rings. The Morgan fingerprint density at radius 2 is 1.87 bits per heavy atom. The van der Waals surface area contributed by atoms with Gasteiger partial charge in [0.05, 0.1) is 10.2 Å². The van der Waals surface area contributed by atoms with E-state index >= 15 is 0 Å². The van der Waals surface area contributed by atoms with Crippen LogP contribution in [0.5, 0.6) is 5.75 Å². The lowest BCUT2D eigenvalue weighted by atomic mass is 9.90. The van der Waals surface area contributed by atoms with Crippen LogP contribution in [0.25, 0.3) is 0 Å². The van der Waals surface area contributed by atoms with Crippen molar-refractivity contribution in [3.63, 3.8) is 0 Å². The third-order valence-electron chi connectivity index (χ3n) is 3.04. The summed E-state index contributed by atoms with van der Waals surface area (Å²) in [7, 11) is 0. The fourth-order valence-corrected chi connectivity index (χ4v) is 2.67. The van der Waals surface area contributed by atoms with Gasteiger partial charge in [0.25, 0.3) is 0 Å². The van der Waals surface area contributed by atoms with Gasteiger partial charge in [0, 0.05) is 0 Å². The maximum atomic E-state index is 5.87. The minimum Gasteiger partial charge on any atom is -0.492 e. The molecule has 2 heteroatoms. The number of hydrogen-bond acceptors (Lipinski definition) is 1. The minimum absolute atomic E-state index is 0.787. The van der Waals surface area contributed by atoms with Crippen molar-refractivity contribution in [3.05, 3.63) is 27.8 Å². The van der Waals surface area contributed by atoms with Gasteiger partial charge in [-0.15, -0.1) is 0 Å². The maximum absolute atomic E-state index is 5.87. The summed E-state index contributed by atoms with van der Waals surface area (Å²) in [5.74, 6) is 1.83. The number of rotatable bonds is 3. The minimum atomic E-state index is 0.787. The Morgan fingerprint density at radius 1 is 1.13 bits per heavy atom. The summed E-state index contributed by atoms with van der Waals surface area (Å²) in [6.07, 6.45) is 6.89. The second-order valence-electron chi connectivity index (χ2n) is 4.25. The molecular weight excluding hydrogens is 299 g/mol. The first kappa shape index (κ1) is 11.2. The lowest BCUT2D eigenvalue weighted by Gasteiger charge is -2.21. The third kappa shape index (κ3) is 3.37. The van der Waals surface area contributed by atoms with Crippen molar-refractivity contribution in [2.24, 2.45) is 5.92 Å². The molecule has 0 heterocycles. The Hall–Kier alpha value is -0.250. The lowest BCUT2D eigenvalue weighted by molar-refractivity contribution is 0.208. The van der Waals surface area contributed by atoms with Crippen molar-refractivity contribution in [2.75, 3.05) is 6.61 Å². The monoisotopic (exact) mass is 316 g/mol. The van der Waals surface area contributed by atoms with E-state index in [0.717, 1.165) is 18.3 Å². The van der Waals surface area contributed by atoms with Gasteiger partial charge >= 0.3 is 0 Å². The van der Waals surface area contributed by atoms with E-state index in [4.69, 9.17) is 4.74 Å². The highest BCUT2D eigenvalue weighted by atomic mass is 127. The van der Waals surface area contributed by atoms with Crippen LogP contribution < -0.4 is 4.74 Å². The van der Waals surface area contributed by atoms with Gasteiger partial charge in [-0.05, 0) is 53.5 Å². The van der Waals surface area contributed by atoms with Gasteiger partial charge in [-0.1, -0.05) is 31.4 Å². The number of benzene rings is 1. The quantitative estimate of drug-likeness (QED) is 0.758. The molecule has 1 aromatic carbocycles. The first-order valence-electron chi connectivity index (χ1n) is 5.73. The van der Waals surface area contributed by atoms with Crippen LogP contribution in [0.1, 0.15) is 32.1 Å². The van der Waals surface area contributed by atoms with Gasteiger partial charge in [0.1, 0.15) is 5.75 Å². The summed E-state index contributed by atoms with van der Waals surface area (Å²) in [5, 5.41) is 0. The Balaban J connectivity index is 1.84. The molecule has 1 nitrogen and oxygen atoms in total. The van der Waals surface area contributed by atoms with E-state index in [1.807, 2.05) is 6.07 Å². The molecule has 82 valence electrons. The van der Waals surface area contributed by atoms with E-state index in [2.05, 4.69) is 40.8 Å². The molecule has 0 saturated heterocycles. The van der Waals surface area contributed by atoms with Crippen molar-refractivity contribution in [3.8, 4) is 5.75 Å². The summed E-state index contributed by atoms with van der Waals surface area (Å²) >= 11 is 2.33. The molecule has 0 unspecified atom stereocenters. The van der Waals surface area contributed by atoms with Gasteiger partial charge in [0.15, 0.2) is 0 Å². The fourth-order valence-electron chi connectivity index (χ4n) is 2.12. The maximum Gasteiger partial charge on any atom is 0.132 e. The first-order valence-corrected chi connectivity index (χ1v) is 6.81. The number of hydrogen-bond donors (Lipinski definition) is 0. The Kier molecular flexibility index (Phi) is 4.29. The van der Waals surface area contributed by atoms with Crippen LogP contribution in [0.3, 0.4) is 0 Å². The van der Waals surface area contributed by atoms with Crippen molar-refractivity contribution >= 4 is 22.6 Å². The highest BCUT2D eigenvalue weighted by Crippen LogP contribution is 2.26. The SMILES string of the molecule is Ic1ccccc1OCC1CCCCC1. The standard InChI is InChI=1S/C13H17IO/c14-12-8-4-5-9-13(12)15-10-11-6-2-1-3-7-11/h4-5,8-9,11H,1-3,6-7,10H2. The summed E-state index contributed by atoms with van der Waals surface area (Å²) in [5.41, 5.74) is 0. The van der Waals surface area contributed by atoms with Crippen molar-refractivity contribution in [2.45, 2.75) is 32.1 Å². The smallest absolute Gasteiger partial charge is 0.132 e. The fraction of sp³-hybridized carbons (Fsp3) is 0.538. The molecule has 0 N–H and O–H groups in total. The second-order valence-corrected chi connectivity index (χ2v) is 5.41. The first-order chi connectivity index (χ1) is 7.36. The molecule has 1 aliphatic carbocycles. The van der Waals surface area contributed by atoms with Gasteiger partial charge < -0.3 is 4.74 Å². The van der Waals surface area contributed by atoms with E-state index in [0.29, 0.717) is 0 Å². The molecule has 1 aromatic rings. The van der Waals surface area contributed by atoms with Gasteiger partial charge in [0.2, 0.25) is 0 Å². The topological polar surface area (TPSA) is 9.23 Å². The van der Waals surface area contributed by atoms with Crippen molar-refractivity contribution < 1.29 is 4.74 Å². The molecule has 0 amide bonds. The zero-order valence-electron chi connectivity index (χ0n) is 8.92. The Bertz CT molecular complexity index is 305. The molecule has 0 spiro atoms. The van der Waals surface area contributed by atoms with Gasteiger partial charge in [-0.2, -0.15) is 0 Å². The van der Waals surface area contributed by atoms with Gasteiger partial charge in [-0.25, -0.2) is 0 Å². The summed E-state index contributed by atoms with van der Waals surface area (Å²) in [6, 6.07) is 8.25. The molecule has 2 rings (SSSR count). The number of halogens is 1. The van der Waals surface area contributed by atoms with Crippen LogP contribution in [-0.2, 0) is 0 Å². The highest BCUT2D eigenvalue weighted by molar-refractivity contribution is 14.1. The number of ether oxygens (including phenoxy) is 1. The zero-order valence-corrected chi connectivity index (χ0v) is 11.1. The largest absolute Gasteiger partial charge is 0.492 e. The van der Waals surface area contributed by atoms with E-state index < -0.39 is 0 Å². The Morgan fingerprint density at radius 3 is 2.60 bits per heavy atom. The van der Waals surface area contributed by atoms with Crippen LogP contribution >= 0.6 is 22.6 Å². The van der Waals surface area contributed by atoms with Gasteiger partial charge in [-0.3, -0.25) is 0 Å². The predicted octanol–water partition coefficient (Wildman–Crippen LogP) is 4.25. The molecule has 0 radical (unpaired) electrons. The van der Waals surface area contributed by atoms with E-state index in [1.165, 1.54) is 35.7 Å². The molecule has 0 bridgehead atoms. The van der Waals surface area contributed by atoms with Crippen LogP contribution in [0, 0.1) is 9.49 Å². The second kappa shape index (κ2) is 5.73. The summed E-state index contributed by atoms with van der Waals surface area (Å²) < 4.78 is 7.08. The molecular formula is C13H17IO. The molecule has 0 aliphatic heterocycles. The molecule has 1 aliphatic rings. The van der Waals surface area contributed by atoms with Crippen molar-refractivity contribution in [1.29, 1.82) is 0 Å². The van der Waals surface area contributed by atoms with Crippen LogP contribution in [0.2, 0.25) is 0 Å². The lowest BCUT2D eigenvalue weighted by Crippen LogP contribution is -2.15. The summed E-state index contributed by atoms with van der Waals surface area (Å²) in [6.45, 7) is 0.903. The van der Waals surface area contributed by atoms with Crippen LogP contribution in [0.15, 0.2) is 24.3 Å². The number of para-hydroxylation sites is 1. The molecule has 1 saturated carbocycles. The Labute approximate surface area is 105 Å². The van der Waals surface area contributed by atoms with E-state index in [-0.39, 0.29) is 0 Å². The third-order valence-corrected chi connectivity index (χ3v) is 3.93. The highest BCUT2D eigenvalue weighted by Gasteiger charge is 2.14. The molecule has 15 heavy (non-hydrogen) atoms. The van der Waals surface area contributed by atoms with E-state index in [9.17, 15) is 0 Å². The zero-order chi connectivity index (χ0) is 10.5. The average molecular weight is 316 g/mol. The molecule has 0 atom stereocenters. The summed E-state index contributed by atoms with van der Waals surface area (Å²) in [4.78, 5) is 0. The predicted molar refractivity (Wildman–Crippen MR) is 71.2 cm³/mol. The van der Waals surface area contributed by atoms with E-state index in [1.54, 1.807) is 0 Å². The average Bonchev–Trinajstić information content (AvgIpc) is 2.29. The van der Waals surface area contributed by atoms with Crippen LogP contribution in [0.4, 0.5) is 0 Å². The van der Waals surface area contributed by atoms with Crippen molar-refractivity contribution in [1.82, 2.24) is 0 Å². The molecule has 0 aromatic heterocycles.